The molecule has 1 aromatic rings. The summed E-state index contributed by atoms with van der Waals surface area (Å²) in [7, 11) is 1.41. The Hall–Kier alpha value is -1.59. The lowest BCUT2D eigenvalue weighted by atomic mass is 9.91. The zero-order valence-corrected chi connectivity index (χ0v) is 19.2. The maximum atomic E-state index is 12.3. The number of aryl methyl sites for hydroxylation is 2. The predicted octanol–water partition coefficient (Wildman–Crippen LogP) is 4.77. The molecule has 0 aliphatic heterocycles. The Labute approximate surface area is 185 Å². The van der Waals surface area contributed by atoms with Crippen molar-refractivity contribution in [2.45, 2.75) is 64.4 Å². The number of rotatable bonds is 13. The number of methoxy groups -OCH3 is 1. The van der Waals surface area contributed by atoms with Gasteiger partial charge in [-0.25, -0.2) is 0 Å². The van der Waals surface area contributed by atoms with Gasteiger partial charge < -0.3 is 9.84 Å². The van der Waals surface area contributed by atoms with E-state index in [9.17, 15) is 14.7 Å². The number of hydrogen-bond donors (Lipinski definition) is 1. The highest BCUT2D eigenvalue weighted by molar-refractivity contribution is 7.99. The number of carbonyl (C=O) groups is 2. The summed E-state index contributed by atoms with van der Waals surface area (Å²) >= 11 is 1.76. The third kappa shape index (κ3) is 8.27. The summed E-state index contributed by atoms with van der Waals surface area (Å²) in [4.78, 5) is 23.5. The zero-order valence-electron chi connectivity index (χ0n) is 18.3. The first-order valence-corrected chi connectivity index (χ1v) is 12.3. The van der Waals surface area contributed by atoms with Crippen molar-refractivity contribution in [3.05, 3.63) is 47.5 Å². The van der Waals surface area contributed by atoms with E-state index >= 15 is 0 Å². The van der Waals surface area contributed by atoms with Crippen LogP contribution in [0.1, 0.15) is 56.6 Å². The van der Waals surface area contributed by atoms with E-state index in [1.165, 1.54) is 18.2 Å². The van der Waals surface area contributed by atoms with Gasteiger partial charge in [-0.2, -0.15) is 11.8 Å². The number of allylic oxidation sites excluding steroid dienone is 1. The van der Waals surface area contributed by atoms with Crippen LogP contribution in [0.25, 0.3) is 0 Å². The largest absolute Gasteiger partial charge is 0.469 e. The third-order valence-corrected chi connectivity index (χ3v) is 6.79. The molecule has 0 radical (unpaired) electrons. The van der Waals surface area contributed by atoms with Crippen LogP contribution in [0.5, 0.6) is 0 Å². The molecule has 0 saturated heterocycles. The first kappa shape index (κ1) is 24.7. The van der Waals surface area contributed by atoms with Crippen molar-refractivity contribution in [3.63, 3.8) is 0 Å². The average molecular weight is 433 g/mol. The van der Waals surface area contributed by atoms with Crippen LogP contribution < -0.4 is 0 Å². The summed E-state index contributed by atoms with van der Waals surface area (Å²) in [5.74, 6) is 1.61. The van der Waals surface area contributed by atoms with Crippen molar-refractivity contribution in [2.75, 3.05) is 18.6 Å². The Morgan fingerprint density at radius 2 is 2.03 bits per heavy atom. The van der Waals surface area contributed by atoms with E-state index in [-0.39, 0.29) is 30.0 Å². The van der Waals surface area contributed by atoms with Gasteiger partial charge in [0.25, 0.3) is 0 Å². The third-order valence-electron chi connectivity index (χ3n) is 5.69. The Balaban J connectivity index is 1.76. The van der Waals surface area contributed by atoms with Crippen LogP contribution in [-0.4, -0.2) is 41.6 Å². The summed E-state index contributed by atoms with van der Waals surface area (Å²) in [6.07, 6.45) is 10.1. The molecule has 1 aromatic carbocycles. The molecule has 0 bridgehead atoms. The fraction of sp³-hybridized carbons (Fsp3) is 0.600. The average Bonchev–Trinajstić information content (AvgIpc) is 3.00. The molecule has 5 heteroatoms. The Bertz CT molecular complexity index is 700. The first-order chi connectivity index (χ1) is 14.5. The van der Waals surface area contributed by atoms with Gasteiger partial charge in [-0.15, -0.1) is 0 Å². The molecule has 30 heavy (non-hydrogen) atoms. The summed E-state index contributed by atoms with van der Waals surface area (Å²) in [6, 6.07) is 8.76. The number of benzene rings is 1. The number of ether oxygens (including phenoxy) is 1. The molecule has 0 aromatic heterocycles. The monoisotopic (exact) mass is 432 g/mol. The van der Waals surface area contributed by atoms with E-state index in [1.54, 1.807) is 11.8 Å². The highest BCUT2D eigenvalue weighted by Gasteiger charge is 2.39. The molecule has 1 N–H and O–H groups in total. The lowest BCUT2D eigenvalue weighted by molar-refractivity contribution is -0.140. The van der Waals surface area contributed by atoms with Crippen LogP contribution in [0.4, 0.5) is 0 Å². The standard InChI is InChI=1S/C25H36O4S/c1-3-8-19-10-6-11-20(17-19)9-4-5-12-21-22(24(27)18-23(21)26)14-16-30-15-7-13-25(28)29-2/h5-6,10-12,17,21-23,26H,3-4,7-9,13-16,18H2,1-2H3/b12-5+/t21-,22-,23-/m1/s1. The Kier molecular flexibility index (Phi) is 11.2. The van der Waals surface area contributed by atoms with Gasteiger partial charge in [0.2, 0.25) is 0 Å². The Morgan fingerprint density at radius 1 is 1.27 bits per heavy atom. The van der Waals surface area contributed by atoms with Crippen LogP contribution in [0, 0.1) is 11.8 Å². The molecule has 1 aliphatic rings. The van der Waals surface area contributed by atoms with E-state index < -0.39 is 6.10 Å². The highest BCUT2D eigenvalue weighted by atomic mass is 32.2. The molecule has 3 atom stereocenters. The van der Waals surface area contributed by atoms with Gasteiger partial charge in [0.15, 0.2) is 0 Å². The second-order valence-electron chi connectivity index (χ2n) is 8.04. The second-order valence-corrected chi connectivity index (χ2v) is 9.26. The molecule has 0 amide bonds. The Morgan fingerprint density at radius 3 is 2.77 bits per heavy atom. The number of Topliss-reactive ketones (excluding diaryl/α,β-unsaturated/α-hetero) is 1. The van der Waals surface area contributed by atoms with E-state index in [0.717, 1.165) is 50.0 Å². The lowest BCUT2D eigenvalue weighted by Crippen LogP contribution is -2.19. The van der Waals surface area contributed by atoms with E-state index in [2.05, 4.69) is 48.1 Å². The number of esters is 1. The molecule has 166 valence electrons. The van der Waals surface area contributed by atoms with Gasteiger partial charge in [0, 0.05) is 24.7 Å². The molecule has 1 aliphatic carbocycles. The maximum absolute atomic E-state index is 12.3. The molecule has 1 fully saturated rings. The molecular weight excluding hydrogens is 396 g/mol. The van der Waals surface area contributed by atoms with Crippen LogP contribution in [0.3, 0.4) is 0 Å². The molecule has 0 spiro atoms. The smallest absolute Gasteiger partial charge is 0.305 e. The minimum Gasteiger partial charge on any atom is -0.469 e. The van der Waals surface area contributed by atoms with E-state index in [4.69, 9.17) is 0 Å². The van der Waals surface area contributed by atoms with Gasteiger partial charge in [-0.3, -0.25) is 9.59 Å². The van der Waals surface area contributed by atoms with Crippen LogP contribution in [-0.2, 0) is 27.2 Å². The highest BCUT2D eigenvalue weighted by Crippen LogP contribution is 2.34. The molecule has 4 nitrogen and oxygen atoms in total. The minimum absolute atomic E-state index is 0.0698. The quantitative estimate of drug-likeness (QED) is 0.276. The first-order valence-electron chi connectivity index (χ1n) is 11.1. The van der Waals surface area contributed by atoms with Crippen LogP contribution >= 0.6 is 11.8 Å². The van der Waals surface area contributed by atoms with Crippen LogP contribution in [0.15, 0.2) is 36.4 Å². The van der Waals surface area contributed by atoms with Crippen molar-refractivity contribution in [1.29, 1.82) is 0 Å². The van der Waals surface area contributed by atoms with Crippen molar-refractivity contribution in [3.8, 4) is 0 Å². The minimum atomic E-state index is -0.559. The van der Waals surface area contributed by atoms with Crippen molar-refractivity contribution < 1.29 is 19.4 Å². The summed E-state index contributed by atoms with van der Waals surface area (Å²) in [5, 5.41) is 10.3. The number of aliphatic hydroxyl groups excluding tert-OH is 1. The van der Waals surface area contributed by atoms with E-state index in [1.807, 2.05) is 0 Å². The number of carbonyl (C=O) groups excluding carboxylic acids is 2. The molecule has 0 unspecified atom stereocenters. The number of ketones is 1. The normalized spacial score (nSPS) is 21.4. The predicted molar refractivity (Wildman–Crippen MR) is 124 cm³/mol. The van der Waals surface area contributed by atoms with Crippen LogP contribution in [0.2, 0.25) is 0 Å². The van der Waals surface area contributed by atoms with Gasteiger partial charge in [-0.05, 0) is 54.7 Å². The molecule has 0 heterocycles. The number of thioether (sulfide) groups is 1. The van der Waals surface area contributed by atoms with Crippen molar-refractivity contribution in [2.24, 2.45) is 11.8 Å². The van der Waals surface area contributed by atoms with Crippen molar-refractivity contribution >= 4 is 23.5 Å². The number of aliphatic hydroxyl groups is 1. The van der Waals surface area contributed by atoms with Gasteiger partial charge in [-0.1, -0.05) is 49.8 Å². The lowest BCUT2D eigenvalue weighted by Gasteiger charge is -2.17. The number of hydrogen-bond acceptors (Lipinski definition) is 5. The van der Waals surface area contributed by atoms with Gasteiger partial charge in [0.1, 0.15) is 5.78 Å². The summed E-state index contributed by atoms with van der Waals surface area (Å²) in [5.41, 5.74) is 2.73. The SMILES string of the molecule is CCCc1cccc(CC/C=C/[C@H]2[C@H](O)CC(=O)[C@@H]2CCSCCCC(=O)OC)c1. The molecular formula is C25H36O4S. The molecule has 2 rings (SSSR count). The summed E-state index contributed by atoms with van der Waals surface area (Å²) in [6.45, 7) is 2.20. The fourth-order valence-corrected chi connectivity index (χ4v) is 5.03. The molecule has 1 saturated carbocycles. The fourth-order valence-electron chi connectivity index (χ4n) is 4.06. The van der Waals surface area contributed by atoms with E-state index in [0.29, 0.717) is 6.42 Å². The second kappa shape index (κ2) is 13.7. The summed E-state index contributed by atoms with van der Waals surface area (Å²) < 4.78 is 4.64. The van der Waals surface area contributed by atoms with Crippen molar-refractivity contribution in [1.82, 2.24) is 0 Å². The zero-order chi connectivity index (χ0) is 21.8. The van der Waals surface area contributed by atoms with Gasteiger partial charge >= 0.3 is 5.97 Å². The van der Waals surface area contributed by atoms with Gasteiger partial charge in [0.05, 0.1) is 13.2 Å². The topological polar surface area (TPSA) is 63.6 Å². The maximum Gasteiger partial charge on any atom is 0.305 e.